The fourth-order valence-electron chi connectivity index (χ4n) is 2.54. The van der Waals surface area contributed by atoms with Crippen molar-refractivity contribution in [2.75, 3.05) is 0 Å². The number of aldehydes is 1. The van der Waals surface area contributed by atoms with Crippen LogP contribution in [0.4, 0.5) is 0 Å². The van der Waals surface area contributed by atoms with Crippen LogP contribution in [0.1, 0.15) is 27.0 Å². The van der Waals surface area contributed by atoms with Gasteiger partial charge < -0.3 is 9.15 Å². The number of hydrogen-bond acceptors (Lipinski definition) is 4. The second-order valence-corrected chi connectivity index (χ2v) is 6.48. The first-order chi connectivity index (χ1) is 11.5. The summed E-state index contributed by atoms with van der Waals surface area (Å²) in [6.07, 6.45) is 0.741. The van der Waals surface area contributed by atoms with Gasteiger partial charge in [-0.1, -0.05) is 28.1 Å². The topological polar surface area (TPSA) is 56.5 Å². The van der Waals surface area contributed by atoms with Crippen molar-refractivity contribution in [2.45, 2.75) is 20.5 Å². The number of benzene rings is 2. The molecule has 0 unspecified atom stereocenters. The van der Waals surface area contributed by atoms with Gasteiger partial charge in [0.1, 0.15) is 17.9 Å². The molecular formula is C19H15BrO4. The van der Waals surface area contributed by atoms with Crippen LogP contribution in [0.5, 0.6) is 5.75 Å². The second kappa shape index (κ2) is 6.61. The van der Waals surface area contributed by atoms with Gasteiger partial charge in [-0.25, -0.2) is 4.79 Å². The Bertz CT molecular complexity index is 989. The average molecular weight is 387 g/mol. The van der Waals surface area contributed by atoms with Crippen molar-refractivity contribution in [3.8, 4) is 5.75 Å². The van der Waals surface area contributed by atoms with E-state index in [1.54, 1.807) is 18.2 Å². The third-order valence-corrected chi connectivity index (χ3v) is 4.49. The Balaban J connectivity index is 2.01. The van der Waals surface area contributed by atoms with Crippen LogP contribution in [0.3, 0.4) is 0 Å². The fourth-order valence-corrected chi connectivity index (χ4v) is 2.92. The smallest absolute Gasteiger partial charge is 0.336 e. The van der Waals surface area contributed by atoms with E-state index in [9.17, 15) is 9.59 Å². The zero-order valence-corrected chi connectivity index (χ0v) is 14.8. The highest BCUT2D eigenvalue weighted by Crippen LogP contribution is 2.26. The van der Waals surface area contributed by atoms with Crippen LogP contribution < -0.4 is 10.4 Å². The average Bonchev–Trinajstić information content (AvgIpc) is 2.57. The van der Waals surface area contributed by atoms with E-state index in [4.69, 9.17) is 9.15 Å². The van der Waals surface area contributed by atoms with Gasteiger partial charge in [-0.2, -0.15) is 0 Å². The van der Waals surface area contributed by atoms with E-state index in [1.165, 1.54) is 6.07 Å². The molecule has 0 amide bonds. The third-order valence-electron chi connectivity index (χ3n) is 4.00. The number of aryl methyl sites for hydroxylation is 2. The Labute approximate surface area is 147 Å². The molecule has 0 bridgehead atoms. The normalized spacial score (nSPS) is 10.8. The fraction of sp³-hybridized carbons (Fsp3) is 0.158. The van der Waals surface area contributed by atoms with Crippen molar-refractivity contribution >= 4 is 33.2 Å². The molecule has 1 aromatic heterocycles. The molecule has 0 saturated heterocycles. The van der Waals surface area contributed by atoms with Crippen molar-refractivity contribution in [1.82, 2.24) is 0 Å². The van der Waals surface area contributed by atoms with E-state index < -0.39 is 5.63 Å². The highest BCUT2D eigenvalue weighted by Gasteiger charge is 2.11. The van der Waals surface area contributed by atoms with E-state index in [1.807, 2.05) is 26.0 Å². The predicted octanol–water partition coefficient (Wildman–Crippen LogP) is 4.56. The maximum absolute atomic E-state index is 11.9. The predicted molar refractivity (Wildman–Crippen MR) is 95.8 cm³/mol. The molecule has 2 aromatic carbocycles. The molecule has 0 radical (unpaired) electrons. The van der Waals surface area contributed by atoms with Crippen molar-refractivity contribution in [3.05, 3.63) is 73.5 Å². The number of carbonyl (C=O) groups excluding carboxylic acids is 1. The van der Waals surface area contributed by atoms with Gasteiger partial charge in [0.25, 0.3) is 0 Å². The first-order valence-corrected chi connectivity index (χ1v) is 8.19. The van der Waals surface area contributed by atoms with Gasteiger partial charge in [0.05, 0.1) is 5.56 Å². The molecule has 3 aromatic rings. The second-order valence-electron chi connectivity index (χ2n) is 5.56. The zero-order valence-electron chi connectivity index (χ0n) is 13.3. The lowest BCUT2D eigenvalue weighted by Crippen LogP contribution is -2.06. The number of halogens is 1. The molecule has 122 valence electrons. The maximum atomic E-state index is 11.9. The Morgan fingerprint density at radius 3 is 2.71 bits per heavy atom. The molecule has 0 aliphatic carbocycles. The monoisotopic (exact) mass is 386 g/mol. The van der Waals surface area contributed by atoms with Gasteiger partial charge in [0, 0.05) is 21.5 Å². The Morgan fingerprint density at radius 1 is 1.17 bits per heavy atom. The molecule has 5 heteroatoms. The lowest BCUT2D eigenvalue weighted by Gasteiger charge is -2.11. The summed E-state index contributed by atoms with van der Waals surface area (Å²) in [5.74, 6) is 0.471. The highest BCUT2D eigenvalue weighted by molar-refractivity contribution is 9.10. The van der Waals surface area contributed by atoms with Crippen LogP contribution in [0.25, 0.3) is 11.0 Å². The summed E-state index contributed by atoms with van der Waals surface area (Å²) in [5.41, 5.74) is 3.32. The first-order valence-electron chi connectivity index (χ1n) is 7.40. The Hall–Kier alpha value is -2.40. The van der Waals surface area contributed by atoms with Gasteiger partial charge >= 0.3 is 5.63 Å². The van der Waals surface area contributed by atoms with Crippen LogP contribution in [0.2, 0.25) is 0 Å². The summed E-state index contributed by atoms with van der Waals surface area (Å²) >= 11 is 3.32. The quantitative estimate of drug-likeness (QED) is 0.486. The lowest BCUT2D eigenvalue weighted by atomic mass is 10.0. The van der Waals surface area contributed by atoms with Gasteiger partial charge in [-0.15, -0.1) is 0 Å². The SMILES string of the molecule is Cc1ccc2c(COc3ccc(Br)cc3C=O)cc(=O)oc2c1C. The van der Waals surface area contributed by atoms with E-state index in [0.717, 1.165) is 32.8 Å². The minimum atomic E-state index is -0.416. The summed E-state index contributed by atoms with van der Waals surface area (Å²) in [4.78, 5) is 23.0. The summed E-state index contributed by atoms with van der Waals surface area (Å²) in [7, 11) is 0. The molecule has 0 N–H and O–H groups in total. The van der Waals surface area contributed by atoms with Crippen LogP contribution in [-0.2, 0) is 6.61 Å². The van der Waals surface area contributed by atoms with E-state index in [0.29, 0.717) is 16.9 Å². The van der Waals surface area contributed by atoms with Gasteiger partial charge in [0.15, 0.2) is 6.29 Å². The third kappa shape index (κ3) is 3.12. The molecule has 0 spiro atoms. The van der Waals surface area contributed by atoms with Crippen molar-refractivity contribution in [3.63, 3.8) is 0 Å². The van der Waals surface area contributed by atoms with E-state index in [-0.39, 0.29) is 6.61 Å². The van der Waals surface area contributed by atoms with Gasteiger partial charge in [-0.3, -0.25) is 4.79 Å². The summed E-state index contributed by atoms with van der Waals surface area (Å²) in [6.45, 7) is 4.06. The van der Waals surface area contributed by atoms with Crippen molar-refractivity contribution in [1.29, 1.82) is 0 Å². The number of ether oxygens (including phenoxy) is 1. The molecule has 1 heterocycles. The Morgan fingerprint density at radius 2 is 1.96 bits per heavy atom. The molecule has 0 aliphatic heterocycles. The van der Waals surface area contributed by atoms with Crippen LogP contribution in [0, 0.1) is 13.8 Å². The van der Waals surface area contributed by atoms with Crippen molar-refractivity contribution in [2.24, 2.45) is 0 Å². The molecular weight excluding hydrogens is 372 g/mol. The first kappa shape index (κ1) is 16.5. The largest absolute Gasteiger partial charge is 0.488 e. The molecule has 0 atom stereocenters. The summed E-state index contributed by atoms with van der Waals surface area (Å²) < 4.78 is 11.9. The van der Waals surface area contributed by atoms with Gasteiger partial charge in [0.2, 0.25) is 0 Å². The lowest BCUT2D eigenvalue weighted by molar-refractivity contribution is 0.111. The standard InChI is InChI=1S/C19H15BrO4/c1-11-3-5-16-14(8-18(22)24-19(16)12(11)2)10-23-17-6-4-15(20)7-13(17)9-21/h3-9H,10H2,1-2H3. The van der Waals surface area contributed by atoms with Crippen LogP contribution >= 0.6 is 15.9 Å². The zero-order chi connectivity index (χ0) is 17.3. The number of fused-ring (bicyclic) bond motifs is 1. The summed E-state index contributed by atoms with van der Waals surface area (Å²) in [6, 6.07) is 10.5. The summed E-state index contributed by atoms with van der Waals surface area (Å²) in [5, 5.41) is 0.836. The molecule has 24 heavy (non-hydrogen) atoms. The maximum Gasteiger partial charge on any atom is 0.336 e. The minimum absolute atomic E-state index is 0.174. The van der Waals surface area contributed by atoms with E-state index in [2.05, 4.69) is 15.9 Å². The van der Waals surface area contributed by atoms with Gasteiger partial charge in [-0.05, 0) is 43.2 Å². The number of rotatable bonds is 4. The van der Waals surface area contributed by atoms with E-state index >= 15 is 0 Å². The van der Waals surface area contributed by atoms with Crippen LogP contribution in [-0.4, -0.2) is 6.29 Å². The molecule has 0 saturated carbocycles. The number of hydrogen-bond donors (Lipinski definition) is 0. The Kier molecular flexibility index (Phi) is 4.53. The molecule has 0 aliphatic rings. The highest BCUT2D eigenvalue weighted by atomic mass is 79.9. The van der Waals surface area contributed by atoms with Crippen molar-refractivity contribution < 1.29 is 13.9 Å². The molecule has 4 nitrogen and oxygen atoms in total. The molecule has 0 fully saturated rings. The molecule has 3 rings (SSSR count). The van der Waals surface area contributed by atoms with Crippen LogP contribution in [0.15, 0.2) is 50.1 Å². The minimum Gasteiger partial charge on any atom is -0.488 e. The number of carbonyl (C=O) groups is 1.